The van der Waals surface area contributed by atoms with Gasteiger partial charge in [0.1, 0.15) is 11.5 Å². The fourth-order valence-electron chi connectivity index (χ4n) is 2.88. The normalized spacial score (nSPS) is 18.2. The van der Waals surface area contributed by atoms with E-state index >= 15 is 0 Å². The number of rotatable bonds is 6. The lowest BCUT2D eigenvalue weighted by Crippen LogP contribution is -2.44. The fourth-order valence-corrected chi connectivity index (χ4v) is 4.55. The second kappa shape index (κ2) is 10.7. The summed E-state index contributed by atoms with van der Waals surface area (Å²) in [5, 5.41) is 6.39. The van der Waals surface area contributed by atoms with E-state index in [4.69, 9.17) is 4.74 Å². The highest BCUT2D eigenvalue weighted by Gasteiger charge is 2.28. The van der Waals surface area contributed by atoms with Crippen molar-refractivity contribution in [2.75, 3.05) is 18.1 Å². The van der Waals surface area contributed by atoms with Crippen molar-refractivity contribution in [1.29, 1.82) is 0 Å². The minimum atomic E-state index is -2.91. The number of nitrogens with one attached hydrogen (secondary N) is 2. The van der Waals surface area contributed by atoms with Gasteiger partial charge in [0.2, 0.25) is 0 Å². The summed E-state index contributed by atoms with van der Waals surface area (Å²) in [6.07, 6.45) is 0.623. The summed E-state index contributed by atoms with van der Waals surface area (Å²) >= 11 is 0. The van der Waals surface area contributed by atoms with Crippen molar-refractivity contribution >= 4 is 39.8 Å². The van der Waals surface area contributed by atoms with Gasteiger partial charge in [-0.15, -0.1) is 24.0 Å². The highest BCUT2D eigenvalue weighted by Crippen LogP contribution is 2.21. The minimum absolute atomic E-state index is 0. The van der Waals surface area contributed by atoms with E-state index in [1.165, 1.54) is 0 Å². The first-order chi connectivity index (χ1) is 13.0. The number of guanidine groups is 1. The molecule has 0 amide bonds. The van der Waals surface area contributed by atoms with Gasteiger partial charge in [-0.3, -0.25) is 0 Å². The second-order valence-electron chi connectivity index (χ2n) is 6.50. The van der Waals surface area contributed by atoms with Crippen LogP contribution in [0.2, 0.25) is 0 Å². The molecule has 6 nitrogen and oxygen atoms in total. The van der Waals surface area contributed by atoms with Gasteiger partial charge >= 0.3 is 0 Å². The van der Waals surface area contributed by atoms with E-state index in [9.17, 15) is 8.42 Å². The molecule has 152 valence electrons. The molecule has 1 unspecified atom stereocenters. The lowest BCUT2D eigenvalue weighted by atomic mass is 10.2. The van der Waals surface area contributed by atoms with E-state index in [0.29, 0.717) is 18.9 Å². The Labute approximate surface area is 183 Å². The molecule has 8 heteroatoms. The van der Waals surface area contributed by atoms with Gasteiger partial charge in [-0.2, -0.15) is 0 Å². The molecule has 1 saturated heterocycles. The number of hydrogen-bond donors (Lipinski definition) is 2. The molecule has 2 N–H and O–H groups in total. The number of ether oxygens (including phenoxy) is 1. The molecule has 2 aromatic rings. The molecular weight excluding hydrogens is 489 g/mol. The highest BCUT2D eigenvalue weighted by molar-refractivity contribution is 14.0. The standard InChI is InChI=1S/C20H25N3O3S.HI/c1-2-21-20(23-17-12-13-27(24,25)15-17)22-14-16-8-10-19(11-9-16)26-18-6-4-3-5-7-18;/h3-11,17H,2,12-15H2,1H3,(H2,21,22,23);1H. The maximum Gasteiger partial charge on any atom is 0.191 e. The zero-order valence-electron chi connectivity index (χ0n) is 15.8. The molecule has 1 aliphatic rings. The predicted octanol–water partition coefficient (Wildman–Crippen LogP) is 3.34. The third kappa shape index (κ3) is 6.97. The van der Waals surface area contributed by atoms with E-state index in [1.54, 1.807) is 0 Å². The van der Waals surface area contributed by atoms with Crippen LogP contribution in [0.25, 0.3) is 0 Å². The molecule has 1 heterocycles. The monoisotopic (exact) mass is 515 g/mol. The number of sulfone groups is 1. The Hall–Kier alpha value is -1.81. The molecule has 28 heavy (non-hydrogen) atoms. The van der Waals surface area contributed by atoms with Gasteiger partial charge in [0.05, 0.1) is 18.1 Å². The van der Waals surface area contributed by atoms with Crippen LogP contribution < -0.4 is 15.4 Å². The Morgan fingerprint density at radius 3 is 2.39 bits per heavy atom. The van der Waals surface area contributed by atoms with Gasteiger partial charge in [-0.05, 0) is 43.2 Å². The molecule has 0 saturated carbocycles. The predicted molar refractivity (Wildman–Crippen MR) is 123 cm³/mol. The van der Waals surface area contributed by atoms with Crippen molar-refractivity contribution in [2.45, 2.75) is 25.9 Å². The van der Waals surface area contributed by atoms with Crippen molar-refractivity contribution in [3.63, 3.8) is 0 Å². The van der Waals surface area contributed by atoms with Crippen molar-refractivity contribution in [2.24, 2.45) is 4.99 Å². The largest absolute Gasteiger partial charge is 0.457 e. The molecule has 0 bridgehead atoms. The fraction of sp³-hybridized carbons (Fsp3) is 0.350. The molecule has 2 aromatic carbocycles. The van der Waals surface area contributed by atoms with Crippen LogP contribution >= 0.6 is 24.0 Å². The third-order valence-corrected chi connectivity index (χ3v) is 6.01. The maximum absolute atomic E-state index is 11.6. The van der Waals surface area contributed by atoms with Crippen LogP contribution in [0.5, 0.6) is 11.5 Å². The van der Waals surface area contributed by atoms with Crippen molar-refractivity contribution in [3.05, 3.63) is 60.2 Å². The van der Waals surface area contributed by atoms with Gasteiger partial charge in [0.25, 0.3) is 0 Å². The number of aliphatic imine (C=N–C) groups is 1. The zero-order chi connectivity index (χ0) is 19.1. The van der Waals surface area contributed by atoms with Crippen LogP contribution in [-0.4, -0.2) is 38.5 Å². The molecule has 0 spiro atoms. The van der Waals surface area contributed by atoms with E-state index in [0.717, 1.165) is 23.6 Å². The molecule has 1 atom stereocenters. The molecule has 0 aliphatic carbocycles. The van der Waals surface area contributed by atoms with Gasteiger partial charge < -0.3 is 15.4 Å². The van der Waals surface area contributed by atoms with Gasteiger partial charge in [-0.1, -0.05) is 30.3 Å². The molecular formula is C20H26IN3O3S. The summed E-state index contributed by atoms with van der Waals surface area (Å²) in [7, 11) is -2.91. The van der Waals surface area contributed by atoms with Gasteiger partial charge in [0, 0.05) is 12.6 Å². The topological polar surface area (TPSA) is 79.8 Å². The second-order valence-corrected chi connectivity index (χ2v) is 8.73. The van der Waals surface area contributed by atoms with Crippen LogP contribution in [0.3, 0.4) is 0 Å². The first-order valence-corrected chi connectivity index (χ1v) is 10.9. The lowest BCUT2D eigenvalue weighted by molar-refractivity contribution is 0.482. The number of nitrogens with zero attached hydrogens (tertiary/aromatic N) is 1. The first-order valence-electron chi connectivity index (χ1n) is 9.11. The smallest absolute Gasteiger partial charge is 0.191 e. The summed E-state index contributed by atoms with van der Waals surface area (Å²) < 4.78 is 29.0. The SMILES string of the molecule is CCNC(=NCc1ccc(Oc2ccccc2)cc1)NC1CCS(=O)(=O)C1.I. The van der Waals surface area contributed by atoms with E-state index < -0.39 is 9.84 Å². The summed E-state index contributed by atoms with van der Waals surface area (Å²) in [4.78, 5) is 4.57. The van der Waals surface area contributed by atoms with Crippen LogP contribution in [0.1, 0.15) is 18.9 Å². The Morgan fingerprint density at radius 2 is 1.79 bits per heavy atom. The first kappa shape index (κ1) is 22.5. The van der Waals surface area contributed by atoms with Gasteiger partial charge in [0.15, 0.2) is 15.8 Å². The number of halogens is 1. The van der Waals surface area contributed by atoms with E-state index in [1.807, 2.05) is 61.5 Å². The molecule has 1 fully saturated rings. The molecule has 0 radical (unpaired) electrons. The zero-order valence-corrected chi connectivity index (χ0v) is 18.9. The number of benzene rings is 2. The average Bonchev–Trinajstić information content (AvgIpc) is 3.00. The van der Waals surface area contributed by atoms with E-state index in [2.05, 4.69) is 15.6 Å². The Kier molecular flexibility index (Phi) is 8.56. The summed E-state index contributed by atoms with van der Waals surface area (Å²) in [6.45, 7) is 3.20. The van der Waals surface area contributed by atoms with Crippen molar-refractivity contribution < 1.29 is 13.2 Å². The number of hydrogen-bond acceptors (Lipinski definition) is 4. The van der Waals surface area contributed by atoms with E-state index in [-0.39, 0.29) is 41.5 Å². The lowest BCUT2D eigenvalue weighted by Gasteiger charge is -2.15. The quantitative estimate of drug-likeness (QED) is 0.351. The summed E-state index contributed by atoms with van der Waals surface area (Å²) in [5.41, 5.74) is 1.05. The molecule has 0 aromatic heterocycles. The number of para-hydroxylation sites is 1. The summed E-state index contributed by atoms with van der Waals surface area (Å²) in [5.74, 6) is 2.63. The maximum atomic E-state index is 11.6. The Morgan fingerprint density at radius 1 is 1.11 bits per heavy atom. The molecule has 1 aliphatic heterocycles. The van der Waals surface area contributed by atoms with Crippen LogP contribution in [0, 0.1) is 0 Å². The Bertz CT molecular complexity index is 871. The van der Waals surface area contributed by atoms with Crippen LogP contribution in [0.4, 0.5) is 0 Å². The minimum Gasteiger partial charge on any atom is -0.457 e. The van der Waals surface area contributed by atoms with Crippen molar-refractivity contribution in [3.8, 4) is 11.5 Å². The Balaban J connectivity index is 0.00000280. The highest BCUT2D eigenvalue weighted by atomic mass is 127. The molecule has 3 rings (SSSR count). The average molecular weight is 515 g/mol. The van der Waals surface area contributed by atoms with Crippen LogP contribution in [-0.2, 0) is 16.4 Å². The van der Waals surface area contributed by atoms with Crippen LogP contribution in [0.15, 0.2) is 59.6 Å². The van der Waals surface area contributed by atoms with Gasteiger partial charge in [-0.25, -0.2) is 13.4 Å². The third-order valence-electron chi connectivity index (χ3n) is 4.24. The summed E-state index contributed by atoms with van der Waals surface area (Å²) in [6, 6.07) is 17.4. The van der Waals surface area contributed by atoms with Crippen molar-refractivity contribution in [1.82, 2.24) is 10.6 Å².